The molecule has 0 aromatic heterocycles. The molecule has 5 heteroatoms. The van der Waals surface area contributed by atoms with E-state index in [1.165, 1.54) is 11.8 Å². The zero-order valence-electron chi connectivity index (χ0n) is 15.5. The van der Waals surface area contributed by atoms with Crippen LogP contribution in [0.5, 0.6) is 0 Å². The van der Waals surface area contributed by atoms with E-state index in [0.29, 0.717) is 6.42 Å². The predicted molar refractivity (Wildman–Crippen MR) is 110 cm³/mol. The fourth-order valence-corrected chi connectivity index (χ4v) is 3.54. The zero-order valence-corrected chi connectivity index (χ0v) is 16.4. The van der Waals surface area contributed by atoms with Crippen LogP contribution >= 0.6 is 11.8 Å². The van der Waals surface area contributed by atoms with Crippen molar-refractivity contribution in [1.29, 1.82) is 0 Å². The molecule has 26 heavy (non-hydrogen) atoms. The Bertz CT molecular complexity index is 761. The van der Waals surface area contributed by atoms with Crippen molar-refractivity contribution in [2.24, 2.45) is 0 Å². The first-order valence-electron chi connectivity index (χ1n) is 8.96. The van der Waals surface area contributed by atoms with E-state index in [-0.39, 0.29) is 17.1 Å². The third-order valence-corrected chi connectivity index (χ3v) is 5.18. The highest BCUT2D eigenvalue weighted by molar-refractivity contribution is 8.00. The van der Waals surface area contributed by atoms with E-state index in [1.807, 2.05) is 69.3 Å². The number of hydrogen-bond acceptors (Lipinski definition) is 3. The van der Waals surface area contributed by atoms with Crippen LogP contribution in [0.15, 0.2) is 53.4 Å². The van der Waals surface area contributed by atoms with Gasteiger partial charge in [0.2, 0.25) is 11.8 Å². The predicted octanol–water partition coefficient (Wildman–Crippen LogP) is 5.24. The third kappa shape index (κ3) is 6.23. The molecule has 2 aromatic rings. The molecule has 4 nitrogen and oxygen atoms in total. The number of rotatable bonds is 8. The number of aryl methyl sites for hydroxylation is 1. The number of thioether (sulfide) groups is 1. The Morgan fingerprint density at radius 1 is 1.00 bits per heavy atom. The molecule has 0 spiro atoms. The molecule has 0 radical (unpaired) electrons. The number of hydrogen-bond donors (Lipinski definition) is 2. The summed E-state index contributed by atoms with van der Waals surface area (Å²) in [7, 11) is 0. The van der Waals surface area contributed by atoms with Crippen LogP contribution in [0.25, 0.3) is 0 Å². The van der Waals surface area contributed by atoms with Gasteiger partial charge in [-0.05, 0) is 55.7 Å². The Kier molecular flexibility index (Phi) is 7.73. The Hall–Kier alpha value is -2.27. The largest absolute Gasteiger partial charge is 0.326 e. The molecule has 1 unspecified atom stereocenters. The highest BCUT2D eigenvalue weighted by Crippen LogP contribution is 2.28. The molecule has 2 amide bonds. The molecule has 2 N–H and O–H groups in total. The number of carbonyl (C=O) groups excluding carboxylic acids is 2. The van der Waals surface area contributed by atoms with Crippen LogP contribution in [-0.2, 0) is 9.59 Å². The summed E-state index contributed by atoms with van der Waals surface area (Å²) in [4.78, 5) is 25.3. The smallest absolute Gasteiger partial charge is 0.237 e. The average Bonchev–Trinajstić information content (AvgIpc) is 2.60. The lowest BCUT2D eigenvalue weighted by atomic mass is 10.2. The SMILES string of the molecule is CCCC(=O)Nc1cccc(SC(CC)C(=O)Nc2cccc(C)c2)c1. The summed E-state index contributed by atoms with van der Waals surface area (Å²) in [5.41, 5.74) is 2.69. The van der Waals surface area contributed by atoms with Gasteiger partial charge in [-0.3, -0.25) is 9.59 Å². The highest BCUT2D eigenvalue weighted by Gasteiger charge is 2.18. The summed E-state index contributed by atoms with van der Waals surface area (Å²) in [5, 5.41) is 5.69. The molecule has 0 heterocycles. The van der Waals surface area contributed by atoms with Gasteiger partial charge >= 0.3 is 0 Å². The third-order valence-electron chi connectivity index (χ3n) is 3.82. The normalized spacial score (nSPS) is 11.7. The molecule has 1 atom stereocenters. The molecular formula is C21H26N2O2S. The molecule has 0 aliphatic carbocycles. The van der Waals surface area contributed by atoms with Crippen molar-refractivity contribution in [1.82, 2.24) is 0 Å². The van der Waals surface area contributed by atoms with E-state index in [9.17, 15) is 9.59 Å². The Labute approximate surface area is 159 Å². The number of carbonyl (C=O) groups is 2. The van der Waals surface area contributed by atoms with E-state index in [1.54, 1.807) is 0 Å². The fourth-order valence-electron chi connectivity index (χ4n) is 2.53. The van der Waals surface area contributed by atoms with Gasteiger partial charge in [0.1, 0.15) is 0 Å². The average molecular weight is 371 g/mol. The molecule has 0 saturated carbocycles. The second-order valence-corrected chi connectivity index (χ2v) is 7.48. The Morgan fingerprint density at radius 3 is 2.35 bits per heavy atom. The van der Waals surface area contributed by atoms with Crippen molar-refractivity contribution in [3.63, 3.8) is 0 Å². The van der Waals surface area contributed by atoms with Gasteiger partial charge in [0.25, 0.3) is 0 Å². The lowest BCUT2D eigenvalue weighted by Gasteiger charge is -2.15. The Morgan fingerprint density at radius 2 is 1.69 bits per heavy atom. The monoisotopic (exact) mass is 370 g/mol. The molecule has 0 aliphatic rings. The maximum Gasteiger partial charge on any atom is 0.237 e. The minimum absolute atomic E-state index is 0.0106. The summed E-state index contributed by atoms with van der Waals surface area (Å²) in [5.74, 6) is 0.00223. The van der Waals surface area contributed by atoms with Crippen LogP contribution in [0.4, 0.5) is 11.4 Å². The zero-order chi connectivity index (χ0) is 18.9. The van der Waals surface area contributed by atoms with E-state index < -0.39 is 0 Å². The van der Waals surface area contributed by atoms with Crippen molar-refractivity contribution in [2.75, 3.05) is 10.6 Å². The van der Waals surface area contributed by atoms with Crippen LogP contribution in [0.3, 0.4) is 0 Å². The van der Waals surface area contributed by atoms with Gasteiger partial charge in [-0.1, -0.05) is 32.0 Å². The summed E-state index contributed by atoms with van der Waals surface area (Å²) in [6.07, 6.45) is 2.04. The maximum atomic E-state index is 12.6. The summed E-state index contributed by atoms with van der Waals surface area (Å²) >= 11 is 1.51. The second kappa shape index (κ2) is 10.0. The maximum absolute atomic E-state index is 12.6. The molecule has 0 aliphatic heterocycles. The molecule has 138 valence electrons. The van der Waals surface area contributed by atoms with Crippen molar-refractivity contribution in [2.45, 2.75) is 50.2 Å². The van der Waals surface area contributed by atoms with Crippen molar-refractivity contribution >= 4 is 35.0 Å². The van der Waals surface area contributed by atoms with E-state index >= 15 is 0 Å². The van der Waals surface area contributed by atoms with Gasteiger partial charge in [0, 0.05) is 22.7 Å². The van der Waals surface area contributed by atoms with Gasteiger partial charge in [-0.2, -0.15) is 0 Å². The molecule has 2 rings (SSSR count). The minimum atomic E-state index is -0.197. The molecule has 0 bridgehead atoms. The highest BCUT2D eigenvalue weighted by atomic mass is 32.2. The molecular weight excluding hydrogens is 344 g/mol. The summed E-state index contributed by atoms with van der Waals surface area (Å²) < 4.78 is 0. The summed E-state index contributed by atoms with van der Waals surface area (Å²) in [6, 6.07) is 15.4. The van der Waals surface area contributed by atoms with Crippen molar-refractivity contribution < 1.29 is 9.59 Å². The topological polar surface area (TPSA) is 58.2 Å². The van der Waals surface area contributed by atoms with Gasteiger partial charge in [0.15, 0.2) is 0 Å². The van der Waals surface area contributed by atoms with E-state index in [0.717, 1.165) is 34.7 Å². The molecule has 2 aromatic carbocycles. The second-order valence-electron chi connectivity index (χ2n) is 6.20. The van der Waals surface area contributed by atoms with Gasteiger partial charge < -0.3 is 10.6 Å². The quantitative estimate of drug-likeness (QED) is 0.625. The van der Waals surface area contributed by atoms with Gasteiger partial charge in [-0.15, -0.1) is 11.8 Å². The van der Waals surface area contributed by atoms with Gasteiger partial charge in [-0.25, -0.2) is 0 Å². The lowest BCUT2D eigenvalue weighted by molar-refractivity contribution is -0.116. The minimum Gasteiger partial charge on any atom is -0.326 e. The van der Waals surface area contributed by atoms with Crippen LogP contribution in [-0.4, -0.2) is 17.1 Å². The van der Waals surface area contributed by atoms with Crippen LogP contribution in [0.2, 0.25) is 0 Å². The molecule has 0 saturated heterocycles. The number of benzene rings is 2. The first-order valence-corrected chi connectivity index (χ1v) is 9.84. The number of nitrogens with one attached hydrogen (secondary N) is 2. The van der Waals surface area contributed by atoms with Crippen LogP contribution < -0.4 is 10.6 Å². The van der Waals surface area contributed by atoms with Crippen LogP contribution in [0.1, 0.15) is 38.7 Å². The first kappa shape index (κ1) is 20.0. The Balaban J connectivity index is 2.02. The lowest BCUT2D eigenvalue weighted by Crippen LogP contribution is -2.24. The number of anilines is 2. The van der Waals surface area contributed by atoms with E-state index in [4.69, 9.17) is 0 Å². The fraction of sp³-hybridized carbons (Fsp3) is 0.333. The number of amides is 2. The standard InChI is InChI=1S/C21H26N2O2S/c1-4-8-20(24)22-17-11-7-12-18(14-17)26-19(5-2)21(25)23-16-10-6-9-15(3)13-16/h6-7,9-14,19H,4-5,8H2,1-3H3,(H,22,24)(H,23,25). The first-order chi connectivity index (χ1) is 12.5. The summed E-state index contributed by atoms with van der Waals surface area (Å²) in [6.45, 7) is 5.98. The van der Waals surface area contributed by atoms with Crippen LogP contribution in [0, 0.1) is 6.92 Å². The van der Waals surface area contributed by atoms with Gasteiger partial charge in [0.05, 0.1) is 5.25 Å². The van der Waals surface area contributed by atoms with Crippen molar-refractivity contribution in [3.8, 4) is 0 Å². The van der Waals surface area contributed by atoms with E-state index in [2.05, 4.69) is 10.6 Å². The van der Waals surface area contributed by atoms with Crippen molar-refractivity contribution in [3.05, 3.63) is 54.1 Å². The molecule has 0 fully saturated rings.